The highest BCUT2D eigenvalue weighted by atomic mass is 16.6. The number of fused-ring (bicyclic) bond motifs is 1. The summed E-state index contributed by atoms with van der Waals surface area (Å²) >= 11 is 0. The molecule has 2 aromatic carbocycles. The van der Waals surface area contributed by atoms with E-state index in [2.05, 4.69) is 4.90 Å². The van der Waals surface area contributed by atoms with Crippen molar-refractivity contribution in [2.45, 2.75) is 20.5 Å². The van der Waals surface area contributed by atoms with Gasteiger partial charge in [-0.1, -0.05) is 0 Å². The Bertz CT molecular complexity index is 1250. The number of carbonyl (C=O) groups is 1. The Morgan fingerprint density at radius 2 is 1.73 bits per heavy atom. The maximum absolute atomic E-state index is 12.6. The molecule has 3 aromatic rings. The number of nitro groups is 1. The van der Waals surface area contributed by atoms with Crippen LogP contribution in [0.3, 0.4) is 0 Å². The first-order chi connectivity index (χ1) is 15.8. The van der Waals surface area contributed by atoms with E-state index in [0.29, 0.717) is 11.0 Å². The van der Waals surface area contributed by atoms with Gasteiger partial charge in [0.2, 0.25) is 0 Å². The van der Waals surface area contributed by atoms with Crippen molar-refractivity contribution >= 4 is 28.3 Å². The summed E-state index contributed by atoms with van der Waals surface area (Å²) in [6, 6.07) is 9.28. The number of nitrogens with zero attached hydrogens (tertiary/aromatic N) is 2. The fraction of sp³-hybridized carbons (Fsp3) is 0.304. The summed E-state index contributed by atoms with van der Waals surface area (Å²) in [6.07, 6.45) is 0. The van der Waals surface area contributed by atoms with Gasteiger partial charge >= 0.3 is 11.6 Å². The molecular weight excluding hydrogens is 432 g/mol. The summed E-state index contributed by atoms with van der Waals surface area (Å²) in [4.78, 5) is 37.9. The summed E-state index contributed by atoms with van der Waals surface area (Å²) in [5.74, 6) is -0.551. The van der Waals surface area contributed by atoms with Crippen LogP contribution in [0.4, 0.5) is 11.4 Å². The lowest BCUT2D eigenvalue weighted by Gasteiger charge is -2.20. The molecule has 174 valence electrons. The molecule has 0 aliphatic rings. The zero-order chi connectivity index (χ0) is 24.1. The average molecular weight is 456 g/mol. The summed E-state index contributed by atoms with van der Waals surface area (Å²) in [6.45, 7) is 5.17. The van der Waals surface area contributed by atoms with Crippen molar-refractivity contribution in [1.82, 2.24) is 0 Å². The molecule has 3 rings (SSSR count). The Kier molecular flexibility index (Phi) is 7.17. The molecule has 1 aromatic heterocycles. The number of esters is 1. The molecule has 33 heavy (non-hydrogen) atoms. The van der Waals surface area contributed by atoms with Crippen LogP contribution in [0.15, 0.2) is 45.6 Å². The highest BCUT2D eigenvalue weighted by Gasteiger charge is 2.22. The zero-order valence-electron chi connectivity index (χ0n) is 18.7. The standard InChI is InChI=1S/C23H24N2O8/c1-5-24(6-2)16-8-7-14-9-17(23(27)33-19(14)11-16)22(26)32-13-15-10-20(30-3)21(31-4)12-18(15)25(28)29/h7-12H,5-6,13H2,1-4H3. The number of anilines is 1. The van der Waals surface area contributed by atoms with E-state index in [0.717, 1.165) is 18.8 Å². The van der Waals surface area contributed by atoms with E-state index in [4.69, 9.17) is 18.6 Å². The van der Waals surface area contributed by atoms with Gasteiger partial charge in [0.05, 0.1) is 30.8 Å². The van der Waals surface area contributed by atoms with Gasteiger partial charge in [-0.2, -0.15) is 0 Å². The molecular formula is C23H24N2O8. The first-order valence-corrected chi connectivity index (χ1v) is 10.2. The third-order valence-electron chi connectivity index (χ3n) is 5.21. The van der Waals surface area contributed by atoms with Crippen LogP contribution in [-0.2, 0) is 11.3 Å². The van der Waals surface area contributed by atoms with Crippen molar-refractivity contribution in [2.24, 2.45) is 0 Å². The first-order valence-electron chi connectivity index (χ1n) is 10.2. The minimum absolute atomic E-state index is 0.0834. The molecule has 0 saturated carbocycles. The molecule has 0 bridgehead atoms. The third-order valence-corrected chi connectivity index (χ3v) is 5.21. The number of methoxy groups -OCH3 is 2. The number of hydrogen-bond acceptors (Lipinski definition) is 9. The second kappa shape index (κ2) is 10.0. The van der Waals surface area contributed by atoms with Crippen molar-refractivity contribution in [3.8, 4) is 11.5 Å². The second-order valence-corrected chi connectivity index (χ2v) is 7.01. The topological polar surface area (TPSA) is 121 Å². The van der Waals surface area contributed by atoms with Crippen LogP contribution in [0.1, 0.15) is 29.8 Å². The van der Waals surface area contributed by atoms with Crippen molar-refractivity contribution in [1.29, 1.82) is 0 Å². The Morgan fingerprint density at radius 1 is 1.06 bits per heavy atom. The van der Waals surface area contributed by atoms with Gasteiger partial charge in [-0.15, -0.1) is 0 Å². The molecule has 10 nitrogen and oxygen atoms in total. The lowest BCUT2D eigenvalue weighted by molar-refractivity contribution is -0.385. The van der Waals surface area contributed by atoms with E-state index in [1.807, 2.05) is 19.9 Å². The van der Waals surface area contributed by atoms with Gasteiger partial charge in [-0.25, -0.2) is 9.59 Å². The van der Waals surface area contributed by atoms with Crippen LogP contribution in [-0.4, -0.2) is 38.2 Å². The molecule has 0 radical (unpaired) electrons. The van der Waals surface area contributed by atoms with Gasteiger partial charge in [0.15, 0.2) is 11.5 Å². The SMILES string of the molecule is CCN(CC)c1ccc2cc(C(=O)OCc3cc(OC)c(OC)cc3[N+](=O)[O-])c(=O)oc2c1. The average Bonchev–Trinajstić information content (AvgIpc) is 2.81. The number of ether oxygens (including phenoxy) is 3. The predicted octanol–water partition coefficient (Wildman–Crippen LogP) is 3.92. The van der Waals surface area contributed by atoms with Gasteiger partial charge in [0, 0.05) is 30.2 Å². The predicted molar refractivity (Wildman–Crippen MR) is 121 cm³/mol. The molecule has 0 N–H and O–H groups in total. The summed E-state index contributed by atoms with van der Waals surface area (Å²) in [5, 5.41) is 12.0. The first kappa shape index (κ1) is 23.6. The maximum atomic E-state index is 12.6. The van der Waals surface area contributed by atoms with Gasteiger partial charge < -0.3 is 23.5 Å². The minimum atomic E-state index is -0.956. The Morgan fingerprint density at radius 3 is 2.33 bits per heavy atom. The molecule has 0 amide bonds. The second-order valence-electron chi connectivity index (χ2n) is 7.01. The van der Waals surface area contributed by atoms with Gasteiger partial charge in [-0.05, 0) is 38.1 Å². The fourth-order valence-corrected chi connectivity index (χ4v) is 3.44. The smallest absolute Gasteiger partial charge is 0.351 e. The molecule has 1 heterocycles. The number of rotatable bonds is 9. The fourth-order valence-electron chi connectivity index (χ4n) is 3.44. The summed E-state index contributed by atoms with van der Waals surface area (Å²) in [7, 11) is 2.73. The zero-order valence-corrected chi connectivity index (χ0v) is 18.7. The van der Waals surface area contributed by atoms with Crippen molar-refractivity contribution in [2.75, 3.05) is 32.2 Å². The molecule has 0 unspecified atom stereocenters. The van der Waals surface area contributed by atoms with E-state index in [9.17, 15) is 19.7 Å². The monoisotopic (exact) mass is 456 g/mol. The van der Waals surface area contributed by atoms with Gasteiger partial charge in [0.25, 0.3) is 5.69 Å². The molecule has 0 aliphatic heterocycles. The number of carbonyl (C=O) groups excluding carboxylic acids is 1. The van der Waals surface area contributed by atoms with Gasteiger partial charge in [0.1, 0.15) is 17.8 Å². The minimum Gasteiger partial charge on any atom is -0.493 e. The molecule has 0 fully saturated rings. The van der Waals surface area contributed by atoms with E-state index < -0.39 is 23.1 Å². The van der Waals surface area contributed by atoms with E-state index >= 15 is 0 Å². The largest absolute Gasteiger partial charge is 0.493 e. The van der Waals surface area contributed by atoms with Gasteiger partial charge in [-0.3, -0.25) is 10.1 Å². The van der Waals surface area contributed by atoms with Crippen molar-refractivity contribution < 1.29 is 28.3 Å². The molecule has 0 atom stereocenters. The Labute approximate surface area is 189 Å². The van der Waals surface area contributed by atoms with E-state index in [-0.39, 0.29) is 28.3 Å². The third kappa shape index (κ3) is 4.89. The van der Waals surface area contributed by atoms with Crippen LogP contribution in [0.25, 0.3) is 11.0 Å². The number of nitro benzene ring substituents is 1. The van der Waals surface area contributed by atoms with Crippen LogP contribution in [0.5, 0.6) is 11.5 Å². The van der Waals surface area contributed by atoms with E-state index in [1.165, 1.54) is 32.4 Å². The molecule has 0 aliphatic carbocycles. The quantitative estimate of drug-likeness (QED) is 0.204. The highest BCUT2D eigenvalue weighted by Crippen LogP contribution is 2.35. The molecule has 0 spiro atoms. The van der Waals surface area contributed by atoms with Crippen molar-refractivity contribution in [3.05, 3.63) is 68.1 Å². The van der Waals surface area contributed by atoms with Crippen LogP contribution in [0, 0.1) is 10.1 Å². The van der Waals surface area contributed by atoms with Crippen LogP contribution >= 0.6 is 0 Å². The Balaban J connectivity index is 1.88. The Hall–Kier alpha value is -4.08. The highest BCUT2D eigenvalue weighted by molar-refractivity contribution is 5.93. The lowest BCUT2D eigenvalue weighted by atomic mass is 10.1. The van der Waals surface area contributed by atoms with Crippen LogP contribution < -0.4 is 20.0 Å². The lowest BCUT2D eigenvalue weighted by Crippen LogP contribution is -2.21. The van der Waals surface area contributed by atoms with E-state index in [1.54, 1.807) is 12.1 Å². The molecule has 10 heteroatoms. The summed E-state index contributed by atoms with van der Waals surface area (Å²) < 4.78 is 20.8. The molecule has 0 saturated heterocycles. The van der Waals surface area contributed by atoms with Crippen molar-refractivity contribution in [3.63, 3.8) is 0 Å². The number of hydrogen-bond donors (Lipinski definition) is 0. The van der Waals surface area contributed by atoms with Crippen LogP contribution in [0.2, 0.25) is 0 Å². The summed E-state index contributed by atoms with van der Waals surface area (Å²) in [5.41, 5.74) is -0.148. The maximum Gasteiger partial charge on any atom is 0.351 e. The normalized spacial score (nSPS) is 10.7. The number of benzene rings is 2.